The van der Waals surface area contributed by atoms with Crippen molar-refractivity contribution in [2.75, 3.05) is 5.32 Å². The van der Waals surface area contributed by atoms with Crippen molar-refractivity contribution in [3.8, 4) is 0 Å². The number of nitrogens with zero attached hydrogens (tertiary/aromatic N) is 4. The molecule has 0 radical (unpaired) electrons. The van der Waals surface area contributed by atoms with Crippen LogP contribution >= 0.6 is 0 Å². The van der Waals surface area contributed by atoms with E-state index in [1.807, 2.05) is 13.0 Å². The molecule has 21 heavy (non-hydrogen) atoms. The zero-order valence-corrected chi connectivity index (χ0v) is 12.0. The molecule has 0 bridgehead atoms. The van der Waals surface area contributed by atoms with Crippen molar-refractivity contribution in [1.82, 2.24) is 14.8 Å². The number of anilines is 1. The first-order valence-corrected chi connectivity index (χ1v) is 6.30. The quantitative estimate of drug-likeness (QED) is 0.682. The average Bonchev–Trinajstić information content (AvgIpc) is 2.64. The van der Waals surface area contributed by atoms with Crippen LogP contribution in [-0.4, -0.2) is 25.6 Å². The number of pyridine rings is 1. The van der Waals surface area contributed by atoms with Gasteiger partial charge in [0.1, 0.15) is 23.8 Å². The van der Waals surface area contributed by atoms with Crippen molar-refractivity contribution in [2.45, 2.75) is 27.3 Å². The summed E-state index contributed by atoms with van der Waals surface area (Å²) >= 11 is 0. The minimum atomic E-state index is -0.492. The summed E-state index contributed by atoms with van der Waals surface area (Å²) in [7, 11) is 0. The number of nitrogens with one attached hydrogen (secondary N) is 1. The number of hydrogen-bond acceptors (Lipinski definition) is 5. The minimum Gasteiger partial charge on any atom is -0.309 e. The van der Waals surface area contributed by atoms with Crippen molar-refractivity contribution in [3.05, 3.63) is 45.4 Å². The van der Waals surface area contributed by atoms with E-state index in [1.54, 1.807) is 26.0 Å². The first kappa shape index (κ1) is 14.6. The summed E-state index contributed by atoms with van der Waals surface area (Å²) in [5.41, 5.74) is 1.37. The summed E-state index contributed by atoms with van der Waals surface area (Å²) in [5, 5.41) is 17.6. The zero-order valence-electron chi connectivity index (χ0n) is 12.0. The Balaban J connectivity index is 2.13. The van der Waals surface area contributed by atoms with Gasteiger partial charge in [-0.25, -0.2) is 4.98 Å². The average molecular weight is 289 g/mol. The van der Waals surface area contributed by atoms with E-state index in [1.165, 1.54) is 4.68 Å². The maximum Gasteiger partial charge on any atom is 0.312 e. The van der Waals surface area contributed by atoms with Gasteiger partial charge in [-0.05, 0) is 32.9 Å². The molecule has 0 aliphatic carbocycles. The summed E-state index contributed by atoms with van der Waals surface area (Å²) in [6.45, 7) is 4.83. The van der Waals surface area contributed by atoms with Crippen molar-refractivity contribution < 1.29 is 9.72 Å². The first-order valence-electron chi connectivity index (χ1n) is 6.30. The largest absolute Gasteiger partial charge is 0.312 e. The predicted octanol–water partition coefficient (Wildman–Crippen LogP) is 1.75. The minimum absolute atomic E-state index is 0.0588. The summed E-state index contributed by atoms with van der Waals surface area (Å²) in [6, 6.07) is 5.28. The lowest BCUT2D eigenvalue weighted by atomic mass is 10.3. The van der Waals surface area contributed by atoms with Gasteiger partial charge < -0.3 is 5.32 Å². The molecule has 0 spiro atoms. The van der Waals surface area contributed by atoms with E-state index in [9.17, 15) is 14.9 Å². The third kappa shape index (κ3) is 3.22. The number of carbonyl (C=O) groups excluding carboxylic acids is 1. The zero-order chi connectivity index (χ0) is 15.6. The van der Waals surface area contributed by atoms with Crippen LogP contribution in [0.5, 0.6) is 0 Å². The molecule has 1 amide bonds. The van der Waals surface area contributed by atoms with Crippen LogP contribution in [0.15, 0.2) is 18.2 Å². The van der Waals surface area contributed by atoms with Gasteiger partial charge in [0.25, 0.3) is 0 Å². The lowest BCUT2D eigenvalue weighted by Crippen LogP contribution is -2.21. The smallest absolute Gasteiger partial charge is 0.309 e. The van der Waals surface area contributed by atoms with Gasteiger partial charge >= 0.3 is 5.69 Å². The van der Waals surface area contributed by atoms with E-state index in [2.05, 4.69) is 15.4 Å². The van der Waals surface area contributed by atoms with E-state index in [4.69, 9.17) is 0 Å². The number of aromatic nitrogens is 3. The molecule has 2 aromatic rings. The van der Waals surface area contributed by atoms with Crippen LogP contribution in [0.2, 0.25) is 0 Å². The number of amides is 1. The molecule has 0 saturated heterocycles. The molecule has 0 unspecified atom stereocenters. The Morgan fingerprint density at radius 3 is 2.67 bits per heavy atom. The third-order valence-corrected chi connectivity index (χ3v) is 2.98. The number of rotatable bonds is 4. The number of carbonyl (C=O) groups is 1. The molecule has 0 aromatic carbocycles. The van der Waals surface area contributed by atoms with Gasteiger partial charge in [-0.2, -0.15) is 5.10 Å². The van der Waals surface area contributed by atoms with Crippen molar-refractivity contribution >= 4 is 17.4 Å². The highest BCUT2D eigenvalue weighted by Crippen LogP contribution is 2.21. The maximum absolute atomic E-state index is 12.0. The van der Waals surface area contributed by atoms with Crippen molar-refractivity contribution in [3.63, 3.8) is 0 Å². The Kier molecular flexibility index (Phi) is 3.97. The Morgan fingerprint density at radius 1 is 1.38 bits per heavy atom. The number of nitro groups is 1. The molecule has 2 rings (SSSR count). The summed E-state index contributed by atoms with van der Waals surface area (Å²) < 4.78 is 1.32. The number of hydrogen-bond donors (Lipinski definition) is 1. The molecule has 0 saturated carbocycles. The normalized spacial score (nSPS) is 10.4. The van der Waals surface area contributed by atoms with Gasteiger partial charge in [-0.15, -0.1) is 0 Å². The fraction of sp³-hybridized carbons (Fsp3) is 0.308. The SMILES string of the molecule is Cc1cccc(NC(=O)Cn2nc(C)c([N+](=O)[O-])c2C)n1. The molecule has 110 valence electrons. The molecular weight excluding hydrogens is 274 g/mol. The Labute approximate surface area is 121 Å². The van der Waals surface area contributed by atoms with E-state index in [-0.39, 0.29) is 18.1 Å². The summed E-state index contributed by atoms with van der Waals surface area (Å²) in [5.74, 6) is 0.102. The van der Waals surface area contributed by atoms with Crippen LogP contribution in [0.25, 0.3) is 0 Å². The highest BCUT2D eigenvalue weighted by Gasteiger charge is 2.22. The fourth-order valence-corrected chi connectivity index (χ4v) is 2.04. The molecular formula is C13H15N5O3. The van der Waals surface area contributed by atoms with Gasteiger partial charge in [0, 0.05) is 5.69 Å². The van der Waals surface area contributed by atoms with Crippen LogP contribution in [0.4, 0.5) is 11.5 Å². The molecule has 2 heterocycles. The lowest BCUT2D eigenvalue weighted by Gasteiger charge is -2.06. The monoisotopic (exact) mass is 289 g/mol. The summed E-state index contributed by atoms with van der Waals surface area (Å²) in [6.07, 6.45) is 0. The molecule has 0 fully saturated rings. The van der Waals surface area contributed by atoms with Gasteiger partial charge in [0.15, 0.2) is 0 Å². The lowest BCUT2D eigenvalue weighted by molar-refractivity contribution is -0.386. The molecule has 1 N–H and O–H groups in total. The molecule has 0 atom stereocenters. The molecule has 8 heteroatoms. The summed E-state index contributed by atoms with van der Waals surface area (Å²) in [4.78, 5) is 26.5. The maximum atomic E-state index is 12.0. The topological polar surface area (TPSA) is 103 Å². The van der Waals surface area contributed by atoms with Crippen LogP contribution in [-0.2, 0) is 11.3 Å². The molecule has 8 nitrogen and oxygen atoms in total. The van der Waals surface area contributed by atoms with Crippen molar-refractivity contribution in [1.29, 1.82) is 0 Å². The van der Waals surface area contributed by atoms with E-state index < -0.39 is 4.92 Å². The van der Waals surface area contributed by atoms with E-state index >= 15 is 0 Å². The molecule has 0 aliphatic heterocycles. The Hall–Kier alpha value is -2.77. The predicted molar refractivity (Wildman–Crippen MR) is 76.0 cm³/mol. The third-order valence-electron chi connectivity index (χ3n) is 2.98. The van der Waals surface area contributed by atoms with Gasteiger partial charge in [0.05, 0.1) is 4.92 Å². The fourth-order valence-electron chi connectivity index (χ4n) is 2.04. The molecule has 0 aliphatic rings. The number of aryl methyl sites for hydroxylation is 2. The van der Waals surface area contributed by atoms with Gasteiger partial charge in [-0.3, -0.25) is 19.6 Å². The van der Waals surface area contributed by atoms with E-state index in [0.717, 1.165) is 5.69 Å². The van der Waals surface area contributed by atoms with Crippen LogP contribution < -0.4 is 5.32 Å². The second-order valence-corrected chi connectivity index (χ2v) is 4.65. The van der Waals surface area contributed by atoms with Crippen LogP contribution in [0.1, 0.15) is 17.1 Å². The Morgan fingerprint density at radius 2 is 2.10 bits per heavy atom. The highest BCUT2D eigenvalue weighted by molar-refractivity contribution is 5.89. The van der Waals surface area contributed by atoms with Crippen LogP contribution in [0.3, 0.4) is 0 Å². The van der Waals surface area contributed by atoms with Crippen LogP contribution in [0, 0.1) is 30.9 Å². The standard InChI is InChI=1S/C13H15N5O3/c1-8-5-4-6-11(14-8)15-12(19)7-17-10(3)13(18(20)21)9(2)16-17/h4-6H,7H2,1-3H3,(H,14,15,19). The van der Waals surface area contributed by atoms with Gasteiger partial charge in [0.2, 0.25) is 5.91 Å². The second kappa shape index (κ2) is 5.70. The first-order chi connectivity index (χ1) is 9.88. The van der Waals surface area contributed by atoms with E-state index in [0.29, 0.717) is 17.2 Å². The van der Waals surface area contributed by atoms with Gasteiger partial charge in [-0.1, -0.05) is 6.07 Å². The molecule has 2 aromatic heterocycles. The highest BCUT2D eigenvalue weighted by atomic mass is 16.6. The Bertz CT molecular complexity index is 708. The van der Waals surface area contributed by atoms with Crippen molar-refractivity contribution in [2.24, 2.45) is 0 Å². The second-order valence-electron chi connectivity index (χ2n) is 4.65.